The van der Waals surface area contributed by atoms with Crippen LogP contribution in [0.1, 0.15) is 162 Å². The van der Waals surface area contributed by atoms with Crippen LogP contribution in [-0.4, -0.2) is 37.2 Å². The van der Waals surface area contributed by atoms with Gasteiger partial charge in [-0.2, -0.15) is 0 Å². The summed E-state index contributed by atoms with van der Waals surface area (Å²) in [5.41, 5.74) is 0. The molecule has 0 aromatic heterocycles. The maximum atomic E-state index is 12.8. The van der Waals surface area contributed by atoms with Crippen molar-refractivity contribution in [2.45, 2.75) is 168 Å². The van der Waals surface area contributed by atoms with Gasteiger partial charge in [-0.25, -0.2) is 0 Å². The Morgan fingerprint density at radius 1 is 0.344 bits per heavy atom. The van der Waals surface area contributed by atoms with Crippen LogP contribution < -0.4 is 0 Å². The fraction of sp³-hybridized carbons (Fsp3) is 0.509. The van der Waals surface area contributed by atoms with E-state index < -0.39 is 6.10 Å². The van der Waals surface area contributed by atoms with Crippen LogP contribution >= 0.6 is 0 Å². The standard InChI is InChI=1S/C55H82O6/c1-4-7-10-13-16-19-22-25-27-30-33-36-39-42-45-48-54(57)60-51-52(50-59-53(56)47-44-41-38-35-32-29-24-21-18-15-12-9-6-3)61-55(58)49-46-43-40-37-34-31-28-26-23-20-17-14-11-8-5-2/h7,9-10,12-13,15-27,29-30,32-33,35,38,52H,4-6,8,11,14,28,31,34,36-37,39-51H2,1-3H3/b10-7+,12-9+,16-13+,18-15+,20-17+,22-19+,24-21+,26-23+,27-25+,32-29+,33-30+,38-35+. The second kappa shape index (κ2) is 48.0. The smallest absolute Gasteiger partial charge is 0.306 e. The summed E-state index contributed by atoms with van der Waals surface area (Å²) in [4.78, 5) is 37.8. The first-order valence-corrected chi connectivity index (χ1v) is 23.5. The Morgan fingerprint density at radius 2 is 0.656 bits per heavy atom. The summed E-state index contributed by atoms with van der Waals surface area (Å²) in [6, 6.07) is 0. The molecule has 0 saturated heterocycles. The van der Waals surface area contributed by atoms with Crippen LogP contribution in [0.2, 0.25) is 0 Å². The number of unbranched alkanes of at least 4 members (excludes halogenated alkanes) is 13. The first kappa shape index (κ1) is 56.3. The fourth-order valence-electron chi connectivity index (χ4n) is 5.60. The van der Waals surface area contributed by atoms with Crippen molar-refractivity contribution in [3.8, 4) is 0 Å². The Kier molecular flexibility index (Phi) is 44.3. The van der Waals surface area contributed by atoms with Crippen LogP contribution in [0.4, 0.5) is 0 Å². The molecule has 0 rings (SSSR count). The van der Waals surface area contributed by atoms with Gasteiger partial charge in [-0.05, 0) is 77.0 Å². The molecule has 0 aliphatic carbocycles. The van der Waals surface area contributed by atoms with Crippen molar-refractivity contribution in [2.75, 3.05) is 13.2 Å². The summed E-state index contributed by atoms with van der Waals surface area (Å²) < 4.78 is 16.6. The number of ether oxygens (including phenoxy) is 3. The molecule has 0 aromatic carbocycles. The van der Waals surface area contributed by atoms with E-state index in [0.717, 1.165) is 77.0 Å². The molecule has 0 N–H and O–H groups in total. The van der Waals surface area contributed by atoms with E-state index in [2.05, 4.69) is 63.3 Å². The van der Waals surface area contributed by atoms with Crippen molar-refractivity contribution < 1.29 is 28.6 Å². The predicted molar refractivity (Wildman–Crippen MR) is 260 cm³/mol. The maximum absolute atomic E-state index is 12.8. The first-order chi connectivity index (χ1) is 30.0. The highest BCUT2D eigenvalue weighted by atomic mass is 16.6. The molecule has 0 saturated carbocycles. The monoisotopic (exact) mass is 839 g/mol. The molecule has 0 aliphatic heterocycles. The molecule has 0 fully saturated rings. The van der Waals surface area contributed by atoms with Gasteiger partial charge in [0, 0.05) is 19.3 Å². The Labute approximate surface area is 372 Å². The molecule has 0 amide bonds. The van der Waals surface area contributed by atoms with Gasteiger partial charge in [-0.15, -0.1) is 0 Å². The molecule has 0 bridgehead atoms. The van der Waals surface area contributed by atoms with Gasteiger partial charge < -0.3 is 14.2 Å². The van der Waals surface area contributed by atoms with E-state index in [-0.39, 0.29) is 50.4 Å². The number of rotatable bonds is 39. The lowest BCUT2D eigenvalue weighted by Gasteiger charge is -2.18. The largest absolute Gasteiger partial charge is 0.462 e. The molecule has 0 spiro atoms. The molecule has 0 heterocycles. The zero-order valence-corrected chi connectivity index (χ0v) is 38.4. The number of hydrogen-bond donors (Lipinski definition) is 0. The van der Waals surface area contributed by atoms with Crippen LogP contribution in [0, 0.1) is 0 Å². The van der Waals surface area contributed by atoms with E-state index in [0.29, 0.717) is 12.8 Å². The Balaban J connectivity index is 4.64. The molecule has 0 aromatic rings. The summed E-state index contributed by atoms with van der Waals surface area (Å²) in [6.07, 6.45) is 68.3. The van der Waals surface area contributed by atoms with Crippen molar-refractivity contribution in [3.05, 3.63) is 146 Å². The topological polar surface area (TPSA) is 78.9 Å². The summed E-state index contributed by atoms with van der Waals surface area (Å²) in [5.74, 6) is -1.08. The second-order valence-corrected chi connectivity index (χ2v) is 14.8. The third kappa shape index (κ3) is 46.2. The van der Waals surface area contributed by atoms with E-state index in [1.807, 2.05) is 103 Å². The van der Waals surface area contributed by atoms with Gasteiger partial charge >= 0.3 is 17.9 Å². The highest BCUT2D eigenvalue weighted by Gasteiger charge is 2.19. The van der Waals surface area contributed by atoms with E-state index >= 15 is 0 Å². The number of carbonyl (C=O) groups is 3. The highest BCUT2D eigenvalue weighted by Crippen LogP contribution is 2.12. The quantitative estimate of drug-likeness (QED) is 0.0265. The first-order valence-electron chi connectivity index (χ1n) is 23.5. The maximum Gasteiger partial charge on any atom is 0.306 e. The molecule has 338 valence electrons. The molecule has 6 nitrogen and oxygen atoms in total. The fourth-order valence-corrected chi connectivity index (χ4v) is 5.60. The van der Waals surface area contributed by atoms with E-state index in [9.17, 15) is 14.4 Å². The zero-order chi connectivity index (χ0) is 44.4. The normalized spacial score (nSPS) is 13.4. The number of carbonyl (C=O) groups excluding carboxylic acids is 3. The minimum absolute atomic E-state index is 0.134. The van der Waals surface area contributed by atoms with Crippen molar-refractivity contribution >= 4 is 17.9 Å². The summed E-state index contributed by atoms with van der Waals surface area (Å²) in [5, 5.41) is 0. The van der Waals surface area contributed by atoms with Crippen LogP contribution in [0.25, 0.3) is 0 Å². The summed E-state index contributed by atoms with van der Waals surface area (Å²) >= 11 is 0. The lowest BCUT2D eigenvalue weighted by Crippen LogP contribution is -2.30. The third-order valence-electron chi connectivity index (χ3n) is 9.09. The molecule has 61 heavy (non-hydrogen) atoms. The second-order valence-electron chi connectivity index (χ2n) is 14.8. The van der Waals surface area contributed by atoms with E-state index in [4.69, 9.17) is 14.2 Å². The lowest BCUT2D eigenvalue weighted by atomic mass is 10.1. The van der Waals surface area contributed by atoms with Gasteiger partial charge in [0.05, 0.1) is 0 Å². The number of hydrogen-bond acceptors (Lipinski definition) is 6. The van der Waals surface area contributed by atoms with Gasteiger partial charge in [-0.1, -0.05) is 212 Å². The average Bonchev–Trinajstić information content (AvgIpc) is 3.26. The van der Waals surface area contributed by atoms with Crippen LogP contribution in [-0.2, 0) is 28.6 Å². The molecule has 6 heteroatoms. The minimum atomic E-state index is -0.836. The zero-order valence-electron chi connectivity index (χ0n) is 38.4. The molecule has 0 radical (unpaired) electrons. The Morgan fingerprint density at radius 3 is 1.10 bits per heavy atom. The van der Waals surface area contributed by atoms with Gasteiger partial charge in [-0.3, -0.25) is 14.4 Å². The third-order valence-corrected chi connectivity index (χ3v) is 9.09. The van der Waals surface area contributed by atoms with Gasteiger partial charge in [0.1, 0.15) is 13.2 Å². The van der Waals surface area contributed by atoms with Crippen LogP contribution in [0.5, 0.6) is 0 Å². The summed E-state index contributed by atoms with van der Waals surface area (Å²) in [7, 11) is 0. The summed E-state index contributed by atoms with van der Waals surface area (Å²) in [6.45, 7) is 6.17. The van der Waals surface area contributed by atoms with Gasteiger partial charge in [0.25, 0.3) is 0 Å². The minimum Gasteiger partial charge on any atom is -0.462 e. The number of esters is 3. The lowest BCUT2D eigenvalue weighted by molar-refractivity contribution is -0.167. The SMILES string of the molecule is CC/C=C/C=C/C=C/C=C/C=C/CCCCCC(=O)OCC(COC(=O)CCC/C=C/C=C/C=C/C=C/C=C/CC)OC(=O)CCCCCCCC/C=C/C=C/CCCCC. The van der Waals surface area contributed by atoms with Gasteiger partial charge in [0.2, 0.25) is 0 Å². The Hall–Kier alpha value is -4.71. The number of allylic oxidation sites excluding steroid dienone is 24. The highest BCUT2D eigenvalue weighted by molar-refractivity contribution is 5.71. The van der Waals surface area contributed by atoms with Crippen LogP contribution in [0.3, 0.4) is 0 Å². The van der Waals surface area contributed by atoms with Gasteiger partial charge in [0.15, 0.2) is 6.10 Å². The molecular formula is C55H82O6. The Bertz CT molecular complexity index is 1430. The van der Waals surface area contributed by atoms with Crippen LogP contribution in [0.15, 0.2) is 146 Å². The van der Waals surface area contributed by atoms with E-state index in [1.165, 1.54) is 32.1 Å². The molecule has 1 unspecified atom stereocenters. The average molecular weight is 839 g/mol. The van der Waals surface area contributed by atoms with Crippen molar-refractivity contribution in [1.82, 2.24) is 0 Å². The van der Waals surface area contributed by atoms with Crippen molar-refractivity contribution in [1.29, 1.82) is 0 Å². The van der Waals surface area contributed by atoms with E-state index in [1.54, 1.807) is 0 Å². The molecule has 1 atom stereocenters. The molecular weight excluding hydrogens is 757 g/mol. The van der Waals surface area contributed by atoms with Crippen molar-refractivity contribution in [2.24, 2.45) is 0 Å². The van der Waals surface area contributed by atoms with Crippen molar-refractivity contribution in [3.63, 3.8) is 0 Å². The molecule has 0 aliphatic rings. The predicted octanol–water partition coefficient (Wildman–Crippen LogP) is 15.3.